The third kappa shape index (κ3) is 3.75. The Hall–Kier alpha value is -4.06. The van der Waals surface area contributed by atoms with Gasteiger partial charge in [-0.1, -0.05) is 30.3 Å². The second-order valence-corrected chi connectivity index (χ2v) is 6.47. The third-order valence-corrected chi connectivity index (χ3v) is 4.62. The SMILES string of the molecule is COc1ccc(C(=O)Oc2ccc3cc(-c4ccccc4)c(=O)oc3c2)cc1OC. The van der Waals surface area contributed by atoms with E-state index in [0.29, 0.717) is 28.2 Å². The van der Waals surface area contributed by atoms with Crippen molar-refractivity contribution in [3.63, 3.8) is 0 Å². The van der Waals surface area contributed by atoms with Gasteiger partial charge >= 0.3 is 11.6 Å². The molecule has 0 aliphatic heterocycles. The number of benzene rings is 3. The molecular formula is C24H18O6. The van der Waals surface area contributed by atoms with E-state index in [-0.39, 0.29) is 5.75 Å². The van der Waals surface area contributed by atoms with Crippen LogP contribution in [0.2, 0.25) is 0 Å². The van der Waals surface area contributed by atoms with Crippen molar-refractivity contribution in [1.82, 2.24) is 0 Å². The maximum absolute atomic E-state index is 12.5. The summed E-state index contributed by atoms with van der Waals surface area (Å²) >= 11 is 0. The Kier molecular flexibility index (Phi) is 5.22. The Balaban J connectivity index is 1.63. The number of ether oxygens (including phenoxy) is 3. The van der Waals surface area contributed by atoms with Gasteiger partial charge in [0.05, 0.1) is 25.3 Å². The molecule has 3 aromatic carbocycles. The molecule has 4 rings (SSSR count). The van der Waals surface area contributed by atoms with Crippen LogP contribution in [0.4, 0.5) is 0 Å². The Morgan fingerprint density at radius 3 is 2.33 bits per heavy atom. The average molecular weight is 402 g/mol. The monoisotopic (exact) mass is 402 g/mol. The minimum Gasteiger partial charge on any atom is -0.493 e. The van der Waals surface area contributed by atoms with Crippen molar-refractivity contribution in [2.45, 2.75) is 0 Å². The van der Waals surface area contributed by atoms with Crippen molar-refractivity contribution in [2.24, 2.45) is 0 Å². The van der Waals surface area contributed by atoms with E-state index in [1.54, 1.807) is 30.3 Å². The molecule has 0 saturated heterocycles. The van der Waals surface area contributed by atoms with E-state index in [9.17, 15) is 9.59 Å². The lowest BCUT2D eigenvalue weighted by atomic mass is 10.1. The molecule has 0 radical (unpaired) electrons. The fourth-order valence-corrected chi connectivity index (χ4v) is 3.10. The van der Waals surface area contributed by atoms with Gasteiger partial charge in [-0.05, 0) is 42.0 Å². The summed E-state index contributed by atoms with van der Waals surface area (Å²) in [6.45, 7) is 0. The molecule has 4 aromatic rings. The molecule has 0 atom stereocenters. The smallest absolute Gasteiger partial charge is 0.344 e. The molecule has 30 heavy (non-hydrogen) atoms. The Morgan fingerprint density at radius 1 is 0.833 bits per heavy atom. The summed E-state index contributed by atoms with van der Waals surface area (Å²) < 4.78 is 21.3. The number of carbonyl (C=O) groups excluding carboxylic acids is 1. The summed E-state index contributed by atoms with van der Waals surface area (Å²) in [4.78, 5) is 24.9. The largest absolute Gasteiger partial charge is 0.493 e. The number of hydrogen-bond acceptors (Lipinski definition) is 6. The summed E-state index contributed by atoms with van der Waals surface area (Å²) in [5, 5.41) is 0.722. The minimum atomic E-state index is -0.571. The summed E-state index contributed by atoms with van der Waals surface area (Å²) in [6, 6.07) is 20.7. The van der Waals surface area contributed by atoms with Crippen LogP contribution in [0, 0.1) is 0 Å². The van der Waals surface area contributed by atoms with Gasteiger partial charge in [-0.2, -0.15) is 0 Å². The van der Waals surface area contributed by atoms with Gasteiger partial charge in [-0.15, -0.1) is 0 Å². The lowest BCUT2D eigenvalue weighted by Gasteiger charge is -2.10. The third-order valence-electron chi connectivity index (χ3n) is 4.62. The maximum Gasteiger partial charge on any atom is 0.344 e. The summed E-state index contributed by atoms with van der Waals surface area (Å²) in [5.74, 6) is 0.622. The van der Waals surface area contributed by atoms with Crippen LogP contribution in [0.3, 0.4) is 0 Å². The molecule has 0 saturated carbocycles. The van der Waals surface area contributed by atoms with Crippen LogP contribution >= 0.6 is 0 Å². The first kappa shape index (κ1) is 19.3. The van der Waals surface area contributed by atoms with Crippen molar-refractivity contribution in [1.29, 1.82) is 0 Å². The number of esters is 1. The Bertz CT molecular complexity index is 1270. The van der Waals surface area contributed by atoms with Crippen molar-refractivity contribution >= 4 is 16.9 Å². The van der Waals surface area contributed by atoms with Crippen molar-refractivity contribution in [2.75, 3.05) is 14.2 Å². The van der Waals surface area contributed by atoms with Crippen LogP contribution in [0.25, 0.3) is 22.1 Å². The number of hydrogen-bond donors (Lipinski definition) is 0. The fraction of sp³-hybridized carbons (Fsp3) is 0.0833. The fourth-order valence-electron chi connectivity index (χ4n) is 3.10. The van der Waals surface area contributed by atoms with Gasteiger partial charge in [0.2, 0.25) is 0 Å². The molecule has 0 spiro atoms. The zero-order valence-corrected chi connectivity index (χ0v) is 16.4. The van der Waals surface area contributed by atoms with Gasteiger partial charge in [0.25, 0.3) is 0 Å². The van der Waals surface area contributed by atoms with Gasteiger partial charge < -0.3 is 18.6 Å². The minimum absolute atomic E-state index is 0.262. The van der Waals surface area contributed by atoms with Gasteiger partial charge in [-0.25, -0.2) is 9.59 Å². The molecule has 1 aromatic heterocycles. The number of carbonyl (C=O) groups is 1. The van der Waals surface area contributed by atoms with Crippen LogP contribution < -0.4 is 19.8 Å². The van der Waals surface area contributed by atoms with Gasteiger partial charge in [-0.3, -0.25) is 0 Å². The van der Waals surface area contributed by atoms with E-state index in [2.05, 4.69) is 0 Å². The van der Waals surface area contributed by atoms with Crippen LogP contribution in [0.15, 0.2) is 82.0 Å². The van der Waals surface area contributed by atoms with E-state index >= 15 is 0 Å². The Labute approximate surface area is 172 Å². The molecule has 0 bridgehead atoms. The molecule has 0 aliphatic rings. The molecule has 6 heteroatoms. The first-order chi connectivity index (χ1) is 14.6. The lowest BCUT2D eigenvalue weighted by molar-refractivity contribution is 0.0734. The van der Waals surface area contributed by atoms with Crippen LogP contribution in [0.5, 0.6) is 17.2 Å². The molecular weight excluding hydrogens is 384 g/mol. The molecule has 6 nitrogen and oxygen atoms in total. The highest BCUT2D eigenvalue weighted by atomic mass is 16.5. The lowest BCUT2D eigenvalue weighted by Crippen LogP contribution is -2.09. The summed E-state index contributed by atoms with van der Waals surface area (Å²) in [5.41, 5.74) is 1.42. The van der Waals surface area contributed by atoms with Crippen LogP contribution in [-0.2, 0) is 0 Å². The van der Waals surface area contributed by atoms with E-state index in [4.69, 9.17) is 18.6 Å². The van der Waals surface area contributed by atoms with Gasteiger partial charge in [0.1, 0.15) is 11.3 Å². The standard InChI is InChI=1S/C24H18O6/c1-27-20-11-9-17(13-22(20)28-2)23(25)29-18-10-8-16-12-19(15-6-4-3-5-7-15)24(26)30-21(16)14-18/h3-14H,1-2H3. The summed E-state index contributed by atoms with van der Waals surface area (Å²) in [7, 11) is 3.00. The van der Waals surface area contributed by atoms with Crippen LogP contribution in [-0.4, -0.2) is 20.2 Å². The van der Waals surface area contributed by atoms with E-state index in [1.807, 2.05) is 30.3 Å². The molecule has 150 valence electrons. The average Bonchev–Trinajstić information content (AvgIpc) is 2.78. The van der Waals surface area contributed by atoms with E-state index in [0.717, 1.165) is 10.9 Å². The second kappa shape index (κ2) is 8.13. The van der Waals surface area contributed by atoms with Crippen molar-refractivity contribution < 1.29 is 23.4 Å². The first-order valence-electron chi connectivity index (χ1n) is 9.16. The quantitative estimate of drug-likeness (QED) is 0.274. The number of rotatable bonds is 5. The van der Waals surface area contributed by atoms with E-state index in [1.165, 1.54) is 26.4 Å². The molecule has 0 fully saturated rings. The van der Waals surface area contributed by atoms with Gasteiger partial charge in [0, 0.05) is 11.5 Å². The number of methoxy groups -OCH3 is 2. The zero-order valence-electron chi connectivity index (χ0n) is 16.4. The second-order valence-electron chi connectivity index (χ2n) is 6.47. The summed E-state index contributed by atoms with van der Waals surface area (Å²) in [6.07, 6.45) is 0. The molecule has 0 aliphatic carbocycles. The van der Waals surface area contributed by atoms with E-state index < -0.39 is 11.6 Å². The predicted molar refractivity (Wildman–Crippen MR) is 112 cm³/mol. The number of fused-ring (bicyclic) bond motifs is 1. The highest BCUT2D eigenvalue weighted by molar-refractivity contribution is 5.92. The topological polar surface area (TPSA) is 75.0 Å². The van der Waals surface area contributed by atoms with Crippen LogP contribution in [0.1, 0.15) is 10.4 Å². The van der Waals surface area contributed by atoms with Gasteiger partial charge in [0.15, 0.2) is 11.5 Å². The maximum atomic E-state index is 12.5. The Morgan fingerprint density at radius 2 is 1.60 bits per heavy atom. The van der Waals surface area contributed by atoms with Crippen molar-refractivity contribution in [3.05, 3.63) is 88.8 Å². The normalized spacial score (nSPS) is 10.6. The predicted octanol–water partition coefficient (Wildman–Crippen LogP) is 4.70. The molecule has 0 amide bonds. The highest BCUT2D eigenvalue weighted by Gasteiger charge is 2.14. The van der Waals surface area contributed by atoms with Crippen molar-refractivity contribution in [3.8, 4) is 28.4 Å². The molecule has 0 N–H and O–H groups in total. The zero-order chi connectivity index (χ0) is 21.1. The highest BCUT2D eigenvalue weighted by Crippen LogP contribution is 2.29. The molecule has 1 heterocycles. The molecule has 0 unspecified atom stereocenters. The first-order valence-corrected chi connectivity index (χ1v) is 9.16.